The minimum Gasteiger partial charge on any atom is -0.445 e. The molecule has 7 heteroatoms. The fraction of sp³-hybridized carbons (Fsp3) is 0.263. The van der Waals surface area contributed by atoms with Crippen molar-refractivity contribution in [1.29, 1.82) is 0 Å². The Labute approximate surface area is 148 Å². The van der Waals surface area contributed by atoms with Gasteiger partial charge in [-0.2, -0.15) is 13.2 Å². The third-order valence-corrected chi connectivity index (χ3v) is 4.30. The first-order valence-electron chi connectivity index (χ1n) is 7.95. The predicted octanol–water partition coefficient (Wildman–Crippen LogP) is 3.49. The van der Waals surface area contributed by atoms with Crippen LogP contribution in [-0.2, 0) is 28.7 Å². The van der Waals surface area contributed by atoms with E-state index in [1.54, 1.807) is 24.3 Å². The number of esters is 1. The van der Waals surface area contributed by atoms with Crippen LogP contribution < -0.4 is 5.32 Å². The van der Waals surface area contributed by atoms with Crippen LogP contribution in [-0.4, -0.2) is 17.5 Å². The van der Waals surface area contributed by atoms with E-state index in [9.17, 15) is 22.8 Å². The fourth-order valence-electron chi connectivity index (χ4n) is 2.84. The number of fused-ring (bicyclic) bond motifs is 1. The third-order valence-electron chi connectivity index (χ3n) is 4.30. The Hall–Kier alpha value is -2.83. The van der Waals surface area contributed by atoms with Crippen LogP contribution in [0, 0.1) is 0 Å². The quantitative estimate of drug-likeness (QED) is 0.850. The summed E-state index contributed by atoms with van der Waals surface area (Å²) in [5, 5.41) is 2.62. The first kappa shape index (κ1) is 18.0. The summed E-state index contributed by atoms with van der Waals surface area (Å²) in [5.41, 5.74) is -0.455. The molecule has 136 valence electrons. The molecule has 2 aromatic carbocycles. The van der Waals surface area contributed by atoms with Gasteiger partial charge in [0.15, 0.2) is 5.60 Å². The summed E-state index contributed by atoms with van der Waals surface area (Å²) in [5.74, 6) is -1.07. The maximum Gasteiger partial charge on any atom is 0.416 e. The van der Waals surface area contributed by atoms with Gasteiger partial charge < -0.3 is 10.1 Å². The van der Waals surface area contributed by atoms with Crippen LogP contribution in [0.2, 0.25) is 0 Å². The minimum absolute atomic E-state index is 0.0335. The molecule has 0 saturated heterocycles. The molecule has 1 aliphatic heterocycles. The second kappa shape index (κ2) is 6.48. The van der Waals surface area contributed by atoms with Crippen molar-refractivity contribution in [2.45, 2.75) is 31.7 Å². The average molecular weight is 363 g/mol. The van der Waals surface area contributed by atoms with Crippen LogP contribution in [0.4, 0.5) is 13.2 Å². The highest BCUT2D eigenvalue weighted by atomic mass is 19.4. The van der Waals surface area contributed by atoms with Gasteiger partial charge in [-0.05, 0) is 36.2 Å². The molecule has 4 nitrogen and oxygen atoms in total. The van der Waals surface area contributed by atoms with Crippen LogP contribution in [0.25, 0.3) is 0 Å². The lowest BCUT2D eigenvalue weighted by Gasteiger charge is -2.33. The summed E-state index contributed by atoms with van der Waals surface area (Å²) in [6.07, 6.45) is -4.17. The highest BCUT2D eigenvalue weighted by Gasteiger charge is 2.42. The normalized spacial score (nSPS) is 19.5. The van der Waals surface area contributed by atoms with Crippen LogP contribution in [0.5, 0.6) is 0 Å². The summed E-state index contributed by atoms with van der Waals surface area (Å²) in [4.78, 5) is 24.6. The van der Waals surface area contributed by atoms with E-state index in [2.05, 4.69) is 5.32 Å². The van der Waals surface area contributed by atoms with E-state index < -0.39 is 29.2 Å². The van der Waals surface area contributed by atoms with E-state index in [4.69, 9.17) is 4.74 Å². The molecule has 1 N–H and O–H groups in total. The average Bonchev–Trinajstić information content (AvgIpc) is 2.59. The second-order valence-electron chi connectivity index (χ2n) is 6.33. The number of benzene rings is 2. The molecule has 26 heavy (non-hydrogen) atoms. The number of rotatable bonds is 3. The Bertz CT molecular complexity index is 846. The molecule has 0 aliphatic carbocycles. The zero-order valence-electron chi connectivity index (χ0n) is 13.9. The SMILES string of the molecule is CC1(C(=O)NCc2ccc(C(F)(F)F)cc2)Cc2ccccc2C(=O)O1. The minimum atomic E-state index is -4.40. The standard InChI is InChI=1S/C19H16F3NO3/c1-18(10-13-4-2-3-5-15(13)16(24)26-18)17(25)23-11-12-6-8-14(9-7-12)19(20,21)22/h2-9H,10-11H2,1H3,(H,23,25). The molecule has 0 aromatic heterocycles. The number of hydrogen-bond donors (Lipinski definition) is 1. The molecule has 1 atom stereocenters. The number of alkyl halides is 3. The molecular weight excluding hydrogens is 347 g/mol. The Morgan fingerprint density at radius 2 is 1.81 bits per heavy atom. The zero-order valence-corrected chi connectivity index (χ0v) is 13.9. The predicted molar refractivity (Wildman–Crippen MR) is 87.3 cm³/mol. The molecule has 1 unspecified atom stereocenters. The number of amides is 1. The molecule has 1 aliphatic rings. The van der Waals surface area contributed by atoms with Gasteiger partial charge in [-0.15, -0.1) is 0 Å². The van der Waals surface area contributed by atoms with E-state index in [0.717, 1.165) is 17.7 Å². The number of nitrogens with one attached hydrogen (secondary N) is 1. The highest BCUT2D eigenvalue weighted by molar-refractivity contribution is 5.97. The molecule has 2 aromatic rings. The van der Waals surface area contributed by atoms with E-state index in [-0.39, 0.29) is 13.0 Å². The fourth-order valence-corrected chi connectivity index (χ4v) is 2.84. The lowest BCUT2D eigenvalue weighted by atomic mass is 9.89. The smallest absolute Gasteiger partial charge is 0.416 e. The number of carbonyl (C=O) groups is 2. The van der Waals surface area contributed by atoms with Crippen molar-refractivity contribution in [3.05, 3.63) is 70.8 Å². The summed E-state index contributed by atoms with van der Waals surface area (Å²) in [7, 11) is 0. The number of hydrogen-bond acceptors (Lipinski definition) is 3. The molecule has 1 heterocycles. The summed E-state index contributed by atoms with van der Waals surface area (Å²) in [6, 6.07) is 11.4. The van der Waals surface area contributed by atoms with Gasteiger partial charge in [0, 0.05) is 13.0 Å². The Morgan fingerprint density at radius 1 is 1.15 bits per heavy atom. The number of ether oxygens (including phenoxy) is 1. The molecule has 0 bridgehead atoms. The first-order chi connectivity index (χ1) is 12.2. The van der Waals surface area contributed by atoms with Gasteiger partial charge in [0.2, 0.25) is 0 Å². The Morgan fingerprint density at radius 3 is 2.46 bits per heavy atom. The lowest BCUT2D eigenvalue weighted by molar-refractivity contribution is -0.140. The highest BCUT2D eigenvalue weighted by Crippen LogP contribution is 2.30. The summed E-state index contributed by atoms with van der Waals surface area (Å²) in [6.45, 7) is 1.55. The van der Waals surface area contributed by atoms with E-state index in [0.29, 0.717) is 11.1 Å². The van der Waals surface area contributed by atoms with Gasteiger partial charge in [-0.25, -0.2) is 4.79 Å². The van der Waals surface area contributed by atoms with Crippen molar-refractivity contribution in [3.63, 3.8) is 0 Å². The molecule has 0 saturated carbocycles. The van der Waals surface area contributed by atoms with Crippen molar-refractivity contribution >= 4 is 11.9 Å². The Kier molecular flexibility index (Phi) is 4.48. The summed E-state index contributed by atoms with van der Waals surface area (Å²) < 4.78 is 43.0. The van der Waals surface area contributed by atoms with Crippen molar-refractivity contribution in [2.75, 3.05) is 0 Å². The van der Waals surface area contributed by atoms with Crippen molar-refractivity contribution in [2.24, 2.45) is 0 Å². The maximum atomic E-state index is 12.6. The number of carbonyl (C=O) groups excluding carboxylic acids is 2. The third kappa shape index (κ3) is 3.56. The van der Waals surface area contributed by atoms with Crippen LogP contribution in [0.3, 0.4) is 0 Å². The van der Waals surface area contributed by atoms with Gasteiger partial charge in [0.1, 0.15) is 0 Å². The molecular formula is C19H16F3NO3. The van der Waals surface area contributed by atoms with Crippen molar-refractivity contribution in [1.82, 2.24) is 5.32 Å². The second-order valence-corrected chi connectivity index (χ2v) is 6.33. The zero-order chi connectivity index (χ0) is 18.9. The van der Waals surface area contributed by atoms with E-state index in [1.165, 1.54) is 19.1 Å². The van der Waals surface area contributed by atoms with E-state index >= 15 is 0 Å². The van der Waals surface area contributed by atoms with Crippen LogP contribution >= 0.6 is 0 Å². The molecule has 0 spiro atoms. The van der Waals surface area contributed by atoms with E-state index in [1.807, 2.05) is 0 Å². The molecule has 1 amide bonds. The van der Waals surface area contributed by atoms with Crippen LogP contribution in [0.1, 0.15) is 34.0 Å². The maximum absolute atomic E-state index is 12.6. The van der Waals surface area contributed by atoms with Crippen molar-refractivity contribution in [3.8, 4) is 0 Å². The topological polar surface area (TPSA) is 55.4 Å². The lowest BCUT2D eigenvalue weighted by Crippen LogP contribution is -2.51. The number of cyclic esters (lactones) is 1. The molecule has 3 rings (SSSR count). The molecule has 0 fully saturated rings. The van der Waals surface area contributed by atoms with Gasteiger partial charge in [-0.3, -0.25) is 4.79 Å². The van der Waals surface area contributed by atoms with Gasteiger partial charge in [-0.1, -0.05) is 30.3 Å². The van der Waals surface area contributed by atoms with Crippen molar-refractivity contribution < 1.29 is 27.5 Å². The Balaban J connectivity index is 1.68. The van der Waals surface area contributed by atoms with Crippen LogP contribution in [0.15, 0.2) is 48.5 Å². The monoisotopic (exact) mass is 363 g/mol. The summed E-state index contributed by atoms with van der Waals surface area (Å²) >= 11 is 0. The van der Waals surface area contributed by atoms with Gasteiger partial charge >= 0.3 is 12.1 Å². The largest absolute Gasteiger partial charge is 0.445 e. The number of halogens is 3. The van der Waals surface area contributed by atoms with Gasteiger partial charge in [0.05, 0.1) is 11.1 Å². The molecule has 0 radical (unpaired) electrons. The first-order valence-corrected chi connectivity index (χ1v) is 7.95. The van der Waals surface area contributed by atoms with Gasteiger partial charge in [0.25, 0.3) is 5.91 Å².